The van der Waals surface area contributed by atoms with Crippen molar-refractivity contribution in [1.29, 1.82) is 0 Å². The molecule has 1 aliphatic rings. The number of halogens is 1. The quantitative estimate of drug-likeness (QED) is 0.665. The number of rotatable bonds is 5. The number of imidazole rings is 1. The van der Waals surface area contributed by atoms with Crippen molar-refractivity contribution in [2.75, 3.05) is 5.32 Å². The van der Waals surface area contributed by atoms with Crippen LogP contribution in [0.2, 0.25) is 5.02 Å². The fraction of sp³-hybridized carbons (Fsp3) is 0.273. The zero-order valence-electron chi connectivity index (χ0n) is 15.7. The molecule has 1 aliphatic heterocycles. The van der Waals surface area contributed by atoms with E-state index >= 15 is 0 Å². The fourth-order valence-electron chi connectivity index (χ4n) is 3.38. The highest BCUT2D eigenvalue weighted by Crippen LogP contribution is 2.29. The molecule has 0 saturated heterocycles. The minimum Gasteiger partial charge on any atom is -0.479 e. The van der Waals surface area contributed by atoms with Crippen molar-refractivity contribution in [2.24, 2.45) is 0 Å². The van der Waals surface area contributed by atoms with Crippen molar-refractivity contribution in [3.8, 4) is 17.0 Å². The van der Waals surface area contributed by atoms with Gasteiger partial charge < -0.3 is 14.6 Å². The lowest BCUT2D eigenvalue weighted by Gasteiger charge is -2.16. The molecule has 0 bridgehead atoms. The van der Waals surface area contributed by atoms with E-state index in [4.69, 9.17) is 21.3 Å². The fourth-order valence-corrected chi connectivity index (χ4v) is 3.56. The summed E-state index contributed by atoms with van der Waals surface area (Å²) in [6, 6.07) is 14.8. The molecule has 3 aromatic rings. The third-order valence-electron chi connectivity index (χ3n) is 4.88. The molecule has 4 rings (SSSR count). The Morgan fingerprint density at radius 2 is 1.96 bits per heavy atom. The SMILES string of the molecule is CC(Oc1ccccc1Cl)C(=O)Nc1ccccc1-c1cn2c(n1)CCCC2. The molecule has 1 amide bonds. The second-order valence-corrected chi connectivity index (χ2v) is 7.33. The van der Waals surface area contributed by atoms with Gasteiger partial charge in [0.15, 0.2) is 6.10 Å². The van der Waals surface area contributed by atoms with Gasteiger partial charge in [0.25, 0.3) is 5.91 Å². The summed E-state index contributed by atoms with van der Waals surface area (Å²) in [7, 11) is 0. The Bertz CT molecular complexity index is 975. The van der Waals surface area contributed by atoms with Crippen molar-refractivity contribution >= 4 is 23.2 Å². The maximum atomic E-state index is 12.7. The number of carbonyl (C=O) groups excluding carboxylic acids is 1. The van der Waals surface area contributed by atoms with E-state index in [1.807, 2.05) is 36.4 Å². The van der Waals surface area contributed by atoms with E-state index in [-0.39, 0.29) is 5.91 Å². The minimum absolute atomic E-state index is 0.239. The molecule has 144 valence electrons. The highest BCUT2D eigenvalue weighted by molar-refractivity contribution is 6.32. The smallest absolute Gasteiger partial charge is 0.265 e. The average Bonchev–Trinajstić information content (AvgIpc) is 3.14. The summed E-state index contributed by atoms with van der Waals surface area (Å²) in [5.74, 6) is 1.36. The summed E-state index contributed by atoms with van der Waals surface area (Å²) < 4.78 is 7.94. The highest BCUT2D eigenvalue weighted by Gasteiger charge is 2.19. The van der Waals surface area contributed by atoms with Crippen molar-refractivity contribution in [1.82, 2.24) is 9.55 Å². The molecule has 5 nitrogen and oxygen atoms in total. The van der Waals surface area contributed by atoms with Crippen LogP contribution in [0.5, 0.6) is 5.75 Å². The molecule has 2 heterocycles. The summed E-state index contributed by atoms with van der Waals surface area (Å²) in [5, 5.41) is 3.45. The van der Waals surface area contributed by atoms with Crippen LogP contribution in [-0.4, -0.2) is 21.6 Å². The number of amides is 1. The number of para-hydroxylation sites is 2. The van der Waals surface area contributed by atoms with Gasteiger partial charge in [0.1, 0.15) is 11.6 Å². The van der Waals surface area contributed by atoms with Gasteiger partial charge in [0.2, 0.25) is 0 Å². The average molecular weight is 396 g/mol. The summed E-state index contributed by atoms with van der Waals surface area (Å²) in [6.45, 7) is 2.70. The van der Waals surface area contributed by atoms with Crippen LogP contribution in [0.25, 0.3) is 11.3 Å². The maximum Gasteiger partial charge on any atom is 0.265 e. The van der Waals surface area contributed by atoms with Crippen LogP contribution in [0, 0.1) is 0 Å². The van der Waals surface area contributed by atoms with Gasteiger partial charge in [-0.3, -0.25) is 4.79 Å². The Hall–Kier alpha value is -2.79. The molecule has 0 radical (unpaired) electrons. The molecule has 1 aromatic heterocycles. The standard InChI is InChI=1S/C22H22ClN3O2/c1-15(28-20-11-5-3-9-17(20)23)22(27)25-18-10-4-2-8-16(18)19-14-26-13-7-6-12-21(26)24-19/h2-5,8-11,14-15H,6-7,12-13H2,1H3,(H,25,27). The number of hydrogen-bond donors (Lipinski definition) is 1. The van der Waals surface area contributed by atoms with Gasteiger partial charge in [-0.05, 0) is 38.0 Å². The molecular weight excluding hydrogens is 374 g/mol. The first-order chi connectivity index (χ1) is 13.6. The van der Waals surface area contributed by atoms with Gasteiger partial charge in [0.05, 0.1) is 16.4 Å². The number of aromatic nitrogens is 2. The molecule has 0 spiro atoms. The van der Waals surface area contributed by atoms with Crippen molar-refractivity contribution < 1.29 is 9.53 Å². The Kier molecular flexibility index (Phi) is 5.35. The van der Waals surface area contributed by atoms with Crippen LogP contribution in [0.1, 0.15) is 25.6 Å². The first-order valence-electron chi connectivity index (χ1n) is 9.49. The van der Waals surface area contributed by atoms with E-state index in [0.717, 1.165) is 35.7 Å². The Morgan fingerprint density at radius 3 is 2.79 bits per heavy atom. The zero-order valence-corrected chi connectivity index (χ0v) is 16.4. The second-order valence-electron chi connectivity index (χ2n) is 6.92. The molecule has 1 atom stereocenters. The molecule has 28 heavy (non-hydrogen) atoms. The monoisotopic (exact) mass is 395 g/mol. The molecule has 2 aromatic carbocycles. The molecular formula is C22H22ClN3O2. The van der Waals surface area contributed by atoms with Gasteiger partial charge in [-0.1, -0.05) is 41.9 Å². The summed E-state index contributed by atoms with van der Waals surface area (Å²) in [5.41, 5.74) is 2.51. The van der Waals surface area contributed by atoms with Crippen LogP contribution in [-0.2, 0) is 17.8 Å². The number of fused-ring (bicyclic) bond motifs is 1. The van der Waals surface area contributed by atoms with E-state index in [2.05, 4.69) is 16.1 Å². The van der Waals surface area contributed by atoms with Crippen LogP contribution in [0.3, 0.4) is 0 Å². The first-order valence-corrected chi connectivity index (χ1v) is 9.87. The lowest BCUT2D eigenvalue weighted by atomic mass is 10.1. The summed E-state index contributed by atoms with van der Waals surface area (Å²) in [4.78, 5) is 17.5. The Labute approximate surface area is 169 Å². The molecule has 0 fully saturated rings. The lowest BCUT2D eigenvalue weighted by molar-refractivity contribution is -0.122. The number of aryl methyl sites for hydroxylation is 2. The van der Waals surface area contributed by atoms with Gasteiger partial charge in [0, 0.05) is 24.7 Å². The molecule has 1 unspecified atom stereocenters. The Morgan fingerprint density at radius 1 is 1.18 bits per heavy atom. The predicted octanol–water partition coefficient (Wildman–Crippen LogP) is 4.95. The Balaban J connectivity index is 1.53. The number of nitrogens with zero attached hydrogens (tertiary/aromatic N) is 2. The first kappa shape index (κ1) is 18.6. The van der Waals surface area contributed by atoms with E-state index < -0.39 is 6.10 Å². The predicted molar refractivity (Wildman–Crippen MR) is 111 cm³/mol. The maximum absolute atomic E-state index is 12.7. The third-order valence-corrected chi connectivity index (χ3v) is 5.19. The van der Waals surface area contributed by atoms with Crippen molar-refractivity contribution in [2.45, 2.75) is 38.8 Å². The minimum atomic E-state index is -0.692. The lowest BCUT2D eigenvalue weighted by Crippen LogP contribution is -2.30. The molecule has 0 saturated carbocycles. The largest absolute Gasteiger partial charge is 0.479 e. The van der Waals surface area contributed by atoms with Gasteiger partial charge in [-0.2, -0.15) is 0 Å². The van der Waals surface area contributed by atoms with Crippen molar-refractivity contribution in [3.63, 3.8) is 0 Å². The number of benzene rings is 2. The van der Waals surface area contributed by atoms with Crippen LogP contribution in [0.4, 0.5) is 5.69 Å². The van der Waals surface area contributed by atoms with Crippen LogP contribution in [0.15, 0.2) is 54.7 Å². The normalized spacial score (nSPS) is 14.2. The molecule has 0 aliphatic carbocycles. The second kappa shape index (κ2) is 8.07. The zero-order chi connectivity index (χ0) is 19.5. The van der Waals surface area contributed by atoms with Crippen LogP contribution >= 0.6 is 11.6 Å². The molecule has 1 N–H and O–H groups in total. The molecule has 6 heteroatoms. The van der Waals surface area contributed by atoms with E-state index in [0.29, 0.717) is 10.8 Å². The van der Waals surface area contributed by atoms with Gasteiger partial charge >= 0.3 is 0 Å². The summed E-state index contributed by atoms with van der Waals surface area (Å²) in [6.07, 6.45) is 4.73. The van der Waals surface area contributed by atoms with E-state index in [9.17, 15) is 4.79 Å². The van der Waals surface area contributed by atoms with E-state index in [1.54, 1.807) is 19.1 Å². The number of anilines is 1. The highest BCUT2D eigenvalue weighted by atomic mass is 35.5. The number of hydrogen-bond acceptors (Lipinski definition) is 3. The number of nitrogens with one attached hydrogen (secondary N) is 1. The van der Waals surface area contributed by atoms with E-state index in [1.165, 1.54) is 12.8 Å². The topological polar surface area (TPSA) is 56.1 Å². The van der Waals surface area contributed by atoms with Gasteiger partial charge in [-0.15, -0.1) is 0 Å². The third kappa shape index (κ3) is 3.90. The number of carbonyl (C=O) groups is 1. The van der Waals surface area contributed by atoms with Crippen molar-refractivity contribution in [3.05, 3.63) is 65.6 Å². The number of ether oxygens (including phenoxy) is 1. The van der Waals surface area contributed by atoms with Gasteiger partial charge in [-0.25, -0.2) is 4.98 Å². The van der Waals surface area contributed by atoms with Crippen LogP contribution < -0.4 is 10.1 Å². The summed E-state index contributed by atoms with van der Waals surface area (Å²) >= 11 is 6.12.